The van der Waals surface area contributed by atoms with Crippen molar-refractivity contribution in [1.82, 2.24) is 19.7 Å². The second-order valence-corrected chi connectivity index (χ2v) is 7.28. The van der Waals surface area contributed by atoms with E-state index in [4.69, 9.17) is 0 Å². The molecular weight excluding hydrogens is 346 g/mol. The van der Waals surface area contributed by atoms with E-state index in [1.54, 1.807) is 12.1 Å². The van der Waals surface area contributed by atoms with Gasteiger partial charge in [-0.25, -0.2) is 0 Å². The van der Waals surface area contributed by atoms with Crippen LogP contribution in [0.2, 0.25) is 0 Å². The summed E-state index contributed by atoms with van der Waals surface area (Å²) in [6, 6.07) is 6.19. The summed E-state index contributed by atoms with van der Waals surface area (Å²) in [5, 5.41) is 19.6. The Morgan fingerprint density at radius 1 is 1.11 bits per heavy atom. The number of nitro groups is 1. The Morgan fingerprint density at radius 3 is 2.70 bits per heavy atom. The number of non-ortho nitro benzene ring substituents is 1. The third-order valence-electron chi connectivity index (χ3n) is 5.51. The minimum Gasteiger partial charge on any atom is -0.332 e. The maximum absolute atomic E-state index is 12.9. The van der Waals surface area contributed by atoms with Gasteiger partial charge < -0.3 is 9.47 Å². The van der Waals surface area contributed by atoms with E-state index in [0.717, 1.165) is 62.4 Å². The Hall–Kier alpha value is -2.77. The first-order chi connectivity index (χ1) is 13.1. The summed E-state index contributed by atoms with van der Waals surface area (Å²) < 4.78 is 2.22. The predicted molar refractivity (Wildman–Crippen MR) is 98.1 cm³/mol. The lowest BCUT2D eigenvalue weighted by molar-refractivity contribution is -0.384. The average Bonchev–Trinajstić information content (AvgIpc) is 3.23. The molecule has 3 heterocycles. The minimum atomic E-state index is -0.431. The number of amides is 1. The third-order valence-corrected chi connectivity index (χ3v) is 5.51. The fourth-order valence-electron chi connectivity index (χ4n) is 4.10. The van der Waals surface area contributed by atoms with E-state index in [-0.39, 0.29) is 24.1 Å². The molecule has 142 valence electrons. The standard InChI is InChI=1S/C19H23N5O3/c25-18(13-14-7-9-15(10-8-14)24(26)27)22-12-4-5-16(22)19-21-20-17-6-2-1-3-11-23(17)19/h7-10,16H,1-6,11-13H2/t16-/m1/s1. The zero-order valence-corrected chi connectivity index (χ0v) is 15.2. The average molecular weight is 369 g/mol. The number of nitro benzene ring substituents is 1. The molecule has 1 fully saturated rings. The van der Waals surface area contributed by atoms with Crippen molar-refractivity contribution in [3.05, 3.63) is 51.6 Å². The fourth-order valence-corrected chi connectivity index (χ4v) is 4.10. The van der Waals surface area contributed by atoms with E-state index in [2.05, 4.69) is 14.8 Å². The molecule has 8 heteroatoms. The van der Waals surface area contributed by atoms with Gasteiger partial charge in [0.05, 0.1) is 17.4 Å². The highest BCUT2D eigenvalue weighted by molar-refractivity contribution is 5.79. The van der Waals surface area contributed by atoms with E-state index in [1.165, 1.54) is 18.6 Å². The van der Waals surface area contributed by atoms with E-state index in [0.29, 0.717) is 0 Å². The van der Waals surface area contributed by atoms with Gasteiger partial charge in [0.15, 0.2) is 5.82 Å². The van der Waals surface area contributed by atoms with Crippen molar-refractivity contribution in [2.45, 2.75) is 57.5 Å². The largest absolute Gasteiger partial charge is 0.332 e. The third kappa shape index (κ3) is 3.56. The molecule has 2 aliphatic heterocycles. The molecule has 2 aromatic rings. The van der Waals surface area contributed by atoms with E-state index in [9.17, 15) is 14.9 Å². The highest BCUT2D eigenvalue weighted by atomic mass is 16.6. The normalized spacial score (nSPS) is 19.6. The number of aromatic nitrogens is 3. The number of rotatable bonds is 4. The van der Waals surface area contributed by atoms with Gasteiger partial charge in [-0.3, -0.25) is 14.9 Å². The zero-order chi connectivity index (χ0) is 18.8. The smallest absolute Gasteiger partial charge is 0.269 e. The van der Waals surface area contributed by atoms with Gasteiger partial charge in [0.25, 0.3) is 5.69 Å². The molecule has 1 aromatic heterocycles. The first-order valence-electron chi connectivity index (χ1n) is 9.58. The number of aryl methyl sites for hydroxylation is 1. The Kier molecular flexibility index (Phi) is 4.87. The monoisotopic (exact) mass is 369 g/mol. The molecule has 0 unspecified atom stereocenters. The summed E-state index contributed by atoms with van der Waals surface area (Å²) in [4.78, 5) is 25.2. The van der Waals surface area contributed by atoms with Crippen molar-refractivity contribution >= 4 is 11.6 Å². The maximum Gasteiger partial charge on any atom is 0.269 e. The van der Waals surface area contributed by atoms with Crippen molar-refractivity contribution in [2.24, 2.45) is 0 Å². The van der Waals surface area contributed by atoms with Crippen molar-refractivity contribution in [3.63, 3.8) is 0 Å². The van der Waals surface area contributed by atoms with Crippen LogP contribution in [-0.2, 0) is 24.2 Å². The molecule has 4 rings (SSSR count). The Morgan fingerprint density at radius 2 is 1.93 bits per heavy atom. The zero-order valence-electron chi connectivity index (χ0n) is 15.2. The molecule has 27 heavy (non-hydrogen) atoms. The lowest BCUT2D eigenvalue weighted by Crippen LogP contribution is -2.33. The molecule has 0 radical (unpaired) electrons. The number of hydrogen-bond donors (Lipinski definition) is 0. The summed E-state index contributed by atoms with van der Waals surface area (Å²) in [5.74, 6) is 2.00. The van der Waals surface area contributed by atoms with Gasteiger partial charge in [-0.2, -0.15) is 0 Å². The quantitative estimate of drug-likeness (QED) is 0.610. The number of hydrogen-bond acceptors (Lipinski definition) is 5. The van der Waals surface area contributed by atoms with Crippen LogP contribution in [0.5, 0.6) is 0 Å². The molecule has 1 saturated heterocycles. The molecule has 0 N–H and O–H groups in total. The van der Waals surface area contributed by atoms with Crippen LogP contribution < -0.4 is 0 Å². The van der Waals surface area contributed by atoms with Gasteiger partial charge in [-0.05, 0) is 31.2 Å². The highest BCUT2D eigenvalue weighted by Crippen LogP contribution is 2.33. The molecule has 0 spiro atoms. The molecule has 0 aliphatic carbocycles. The topological polar surface area (TPSA) is 94.2 Å². The lowest BCUT2D eigenvalue weighted by atomic mass is 10.1. The number of fused-ring (bicyclic) bond motifs is 1. The van der Waals surface area contributed by atoms with E-state index >= 15 is 0 Å². The van der Waals surface area contributed by atoms with Crippen LogP contribution in [0.3, 0.4) is 0 Å². The van der Waals surface area contributed by atoms with Crippen molar-refractivity contribution < 1.29 is 9.72 Å². The van der Waals surface area contributed by atoms with Crippen LogP contribution in [0.25, 0.3) is 0 Å². The van der Waals surface area contributed by atoms with Crippen molar-refractivity contribution in [3.8, 4) is 0 Å². The molecule has 2 aliphatic rings. The van der Waals surface area contributed by atoms with Crippen LogP contribution >= 0.6 is 0 Å². The van der Waals surface area contributed by atoms with Crippen LogP contribution in [0.15, 0.2) is 24.3 Å². The first-order valence-corrected chi connectivity index (χ1v) is 9.58. The summed E-state index contributed by atoms with van der Waals surface area (Å²) >= 11 is 0. The molecule has 1 amide bonds. The second-order valence-electron chi connectivity index (χ2n) is 7.28. The lowest BCUT2D eigenvalue weighted by Gasteiger charge is -2.25. The Labute approximate surface area is 157 Å². The van der Waals surface area contributed by atoms with Gasteiger partial charge in [0.2, 0.25) is 5.91 Å². The number of benzene rings is 1. The molecule has 0 bridgehead atoms. The minimum absolute atomic E-state index is 0.0186. The second kappa shape index (κ2) is 7.46. The number of carbonyl (C=O) groups excluding carboxylic acids is 1. The van der Waals surface area contributed by atoms with Gasteiger partial charge in [0, 0.05) is 31.6 Å². The number of carbonyl (C=O) groups is 1. The Balaban J connectivity index is 1.50. The maximum atomic E-state index is 12.9. The first kappa shape index (κ1) is 17.6. The van der Waals surface area contributed by atoms with Gasteiger partial charge in [0.1, 0.15) is 5.82 Å². The predicted octanol–water partition coefficient (Wildman–Crippen LogP) is 2.82. The number of nitrogens with zero attached hydrogens (tertiary/aromatic N) is 5. The molecular formula is C19H23N5O3. The van der Waals surface area contributed by atoms with Crippen LogP contribution in [0.1, 0.15) is 55.4 Å². The van der Waals surface area contributed by atoms with Gasteiger partial charge in [-0.1, -0.05) is 18.6 Å². The SMILES string of the molecule is O=C(Cc1ccc([N+](=O)[O-])cc1)N1CCC[C@@H]1c1nnc2n1CCCCC2. The van der Waals surface area contributed by atoms with Crippen molar-refractivity contribution in [2.75, 3.05) is 6.54 Å². The molecule has 1 aromatic carbocycles. The summed E-state index contributed by atoms with van der Waals surface area (Å²) in [6.45, 7) is 1.65. The van der Waals surface area contributed by atoms with E-state index in [1.807, 2.05) is 4.90 Å². The van der Waals surface area contributed by atoms with Crippen LogP contribution in [0, 0.1) is 10.1 Å². The molecule has 0 saturated carbocycles. The fraction of sp³-hybridized carbons (Fsp3) is 0.526. The summed E-state index contributed by atoms with van der Waals surface area (Å²) in [7, 11) is 0. The molecule has 1 atom stereocenters. The van der Waals surface area contributed by atoms with Crippen LogP contribution in [-0.4, -0.2) is 37.0 Å². The summed E-state index contributed by atoms with van der Waals surface area (Å²) in [5.41, 5.74) is 0.827. The van der Waals surface area contributed by atoms with Gasteiger partial charge >= 0.3 is 0 Å². The Bertz CT molecular complexity index is 846. The number of likely N-dealkylation sites (tertiary alicyclic amines) is 1. The van der Waals surface area contributed by atoms with Crippen LogP contribution in [0.4, 0.5) is 5.69 Å². The summed E-state index contributed by atoms with van der Waals surface area (Å²) in [6.07, 6.45) is 6.54. The van der Waals surface area contributed by atoms with Crippen molar-refractivity contribution in [1.29, 1.82) is 0 Å². The van der Waals surface area contributed by atoms with E-state index < -0.39 is 4.92 Å². The molecule has 8 nitrogen and oxygen atoms in total. The van der Waals surface area contributed by atoms with Gasteiger partial charge in [-0.15, -0.1) is 10.2 Å². The highest BCUT2D eigenvalue weighted by Gasteiger charge is 2.34.